The molecule has 0 saturated heterocycles. The fraction of sp³-hybridized carbons (Fsp3) is 0.143. The van der Waals surface area contributed by atoms with Gasteiger partial charge in [0.15, 0.2) is 11.6 Å². The molecule has 0 fully saturated rings. The molecule has 1 N–H and O–H groups in total. The second-order valence-corrected chi connectivity index (χ2v) is 4.61. The maximum absolute atomic E-state index is 13.4. The van der Waals surface area contributed by atoms with E-state index >= 15 is 0 Å². The average Bonchev–Trinajstić information content (AvgIpc) is 2.36. The number of benzene rings is 2. The van der Waals surface area contributed by atoms with Gasteiger partial charge in [-0.25, -0.2) is 13.2 Å². The molecule has 0 amide bonds. The Hall–Kier alpha value is -1.68. The van der Waals surface area contributed by atoms with Gasteiger partial charge in [-0.05, 0) is 30.7 Å². The maximum Gasteiger partial charge on any atom is 0.161 e. The van der Waals surface area contributed by atoms with E-state index in [-0.39, 0.29) is 12.1 Å². The summed E-state index contributed by atoms with van der Waals surface area (Å²) < 4.78 is 39.3. The quantitative estimate of drug-likeness (QED) is 0.808. The minimum atomic E-state index is -1.19. The van der Waals surface area contributed by atoms with Gasteiger partial charge in [0.1, 0.15) is 5.82 Å². The third-order valence-electron chi connectivity index (χ3n) is 2.76. The van der Waals surface area contributed by atoms with Crippen molar-refractivity contribution in [3.8, 4) is 0 Å². The molecule has 0 aliphatic heterocycles. The van der Waals surface area contributed by atoms with Gasteiger partial charge in [-0.2, -0.15) is 0 Å². The van der Waals surface area contributed by atoms with Crippen molar-refractivity contribution in [2.75, 3.05) is 5.32 Å². The van der Waals surface area contributed by atoms with E-state index in [0.717, 1.165) is 17.3 Å². The van der Waals surface area contributed by atoms with E-state index < -0.39 is 17.5 Å². The monoisotopic (exact) mass is 285 g/mol. The molecule has 0 aliphatic rings. The van der Waals surface area contributed by atoms with Gasteiger partial charge in [0.05, 0.1) is 0 Å². The van der Waals surface area contributed by atoms with Crippen molar-refractivity contribution in [3.63, 3.8) is 0 Å². The molecule has 0 aliphatic carbocycles. The molecule has 2 aromatic rings. The summed E-state index contributed by atoms with van der Waals surface area (Å²) in [7, 11) is 0. The molecular formula is C14H11ClF3N. The summed E-state index contributed by atoms with van der Waals surface area (Å²) in [5.74, 6) is -3.05. The molecule has 0 spiro atoms. The fourth-order valence-electron chi connectivity index (χ4n) is 1.67. The van der Waals surface area contributed by atoms with Crippen molar-refractivity contribution in [1.29, 1.82) is 0 Å². The van der Waals surface area contributed by atoms with Crippen molar-refractivity contribution < 1.29 is 13.2 Å². The topological polar surface area (TPSA) is 12.0 Å². The number of aryl methyl sites for hydroxylation is 1. The lowest BCUT2D eigenvalue weighted by Gasteiger charge is -2.11. The third kappa shape index (κ3) is 3.20. The van der Waals surface area contributed by atoms with Crippen LogP contribution in [0.5, 0.6) is 0 Å². The second-order valence-electron chi connectivity index (χ2n) is 4.17. The van der Waals surface area contributed by atoms with Crippen molar-refractivity contribution >= 4 is 17.3 Å². The van der Waals surface area contributed by atoms with Crippen LogP contribution in [0.1, 0.15) is 11.1 Å². The molecule has 2 aromatic carbocycles. The van der Waals surface area contributed by atoms with Gasteiger partial charge >= 0.3 is 0 Å². The van der Waals surface area contributed by atoms with Crippen LogP contribution in [0.15, 0.2) is 30.3 Å². The summed E-state index contributed by atoms with van der Waals surface area (Å²) in [5, 5.41) is 3.48. The molecule has 2 rings (SSSR count). The molecule has 0 atom stereocenters. The third-order valence-corrected chi connectivity index (χ3v) is 2.99. The zero-order valence-electron chi connectivity index (χ0n) is 10.1. The number of rotatable bonds is 3. The normalized spacial score (nSPS) is 10.6. The summed E-state index contributed by atoms with van der Waals surface area (Å²) >= 11 is 5.85. The van der Waals surface area contributed by atoms with E-state index in [4.69, 9.17) is 11.6 Å². The lowest BCUT2D eigenvalue weighted by atomic mass is 10.1. The summed E-state index contributed by atoms with van der Waals surface area (Å²) in [4.78, 5) is 0. The fourth-order valence-corrected chi connectivity index (χ4v) is 1.85. The SMILES string of the molecule is Cc1ccc(Cl)cc1NCc1cc(F)c(F)cc1F. The predicted molar refractivity (Wildman–Crippen MR) is 69.8 cm³/mol. The summed E-state index contributed by atoms with van der Waals surface area (Å²) in [5.41, 5.74) is 1.70. The average molecular weight is 286 g/mol. The molecule has 1 nitrogen and oxygen atoms in total. The van der Waals surface area contributed by atoms with Crippen LogP contribution in [0.3, 0.4) is 0 Å². The van der Waals surface area contributed by atoms with Gasteiger partial charge in [-0.1, -0.05) is 17.7 Å². The Morgan fingerprint density at radius 3 is 2.42 bits per heavy atom. The van der Waals surface area contributed by atoms with Crippen LogP contribution >= 0.6 is 11.6 Å². The van der Waals surface area contributed by atoms with Crippen LogP contribution < -0.4 is 5.32 Å². The number of hydrogen-bond donors (Lipinski definition) is 1. The Morgan fingerprint density at radius 1 is 1.00 bits per heavy atom. The number of hydrogen-bond acceptors (Lipinski definition) is 1. The molecule has 0 radical (unpaired) electrons. The van der Waals surface area contributed by atoms with Crippen molar-refractivity contribution in [2.24, 2.45) is 0 Å². The summed E-state index contributed by atoms with van der Waals surface area (Å²) in [6, 6.07) is 6.62. The Labute approximate surface area is 114 Å². The first kappa shape index (κ1) is 13.7. The molecule has 0 bridgehead atoms. The van der Waals surface area contributed by atoms with E-state index in [1.165, 1.54) is 0 Å². The van der Waals surface area contributed by atoms with Crippen LogP contribution in [-0.4, -0.2) is 0 Å². The molecule has 0 aromatic heterocycles. The first-order chi connectivity index (χ1) is 8.97. The van der Waals surface area contributed by atoms with Gasteiger partial charge in [-0.3, -0.25) is 0 Å². The smallest absolute Gasteiger partial charge is 0.161 e. The Bertz CT molecular complexity index is 614. The standard InChI is InChI=1S/C14H11ClF3N/c1-8-2-3-10(15)5-14(8)19-7-9-4-12(17)13(18)6-11(9)16/h2-6,19H,7H2,1H3. The van der Waals surface area contributed by atoms with Gasteiger partial charge in [0.25, 0.3) is 0 Å². The molecule has 0 heterocycles. The van der Waals surface area contributed by atoms with Crippen molar-refractivity contribution in [3.05, 3.63) is 63.9 Å². The van der Waals surface area contributed by atoms with E-state index in [1.54, 1.807) is 12.1 Å². The van der Waals surface area contributed by atoms with E-state index in [1.807, 2.05) is 13.0 Å². The Balaban J connectivity index is 2.19. The molecule has 0 saturated carbocycles. The molecular weight excluding hydrogens is 275 g/mol. The molecule has 5 heteroatoms. The highest BCUT2D eigenvalue weighted by atomic mass is 35.5. The van der Waals surface area contributed by atoms with E-state index in [9.17, 15) is 13.2 Å². The lowest BCUT2D eigenvalue weighted by molar-refractivity contribution is 0.490. The van der Waals surface area contributed by atoms with Gasteiger partial charge in [-0.15, -0.1) is 0 Å². The first-order valence-corrected chi connectivity index (χ1v) is 5.98. The van der Waals surface area contributed by atoms with Gasteiger partial charge in [0.2, 0.25) is 0 Å². The highest BCUT2D eigenvalue weighted by molar-refractivity contribution is 6.30. The van der Waals surface area contributed by atoms with Gasteiger partial charge < -0.3 is 5.32 Å². The van der Waals surface area contributed by atoms with E-state index in [2.05, 4.69) is 5.32 Å². The largest absolute Gasteiger partial charge is 0.381 e. The maximum atomic E-state index is 13.4. The minimum absolute atomic E-state index is 0.0458. The zero-order valence-corrected chi connectivity index (χ0v) is 10.9. The van der Waals surface area contributed by atoms with Crippen LogP contribution in [0.2, 0.25) is 5.02 Å². The molecule has 0 unspecified atom stereocenters. The number of halogens is 4. The van der Waals surface area contributed by atoms with Crippen molar-refractivity contribution in [1.82, 2.24) is 0 Å². The van der Waals surface area contributed by atoms with Crippen LogP contribution in [-0.2, 0) is 6.54 Å². The molecule has 19 heavy (non-hydrogen) atoms. The van der Waals surface area contributed by atoms with Crippen molar-refractivity contribution in [2.45, 2.75) is 13.5 Å². The molecule has 100 valence electrons. The number of nitrogens with one attached hydrogen (secondary N) is 1. The predicted octanol–water partition coefficient (Wildman–Crippen LogP) is 4.68. The zero-order chi connectivity index (χ0) is 14.0. The second kappa shape index (κ2) is 5.53. The summed E-state index contributed by atoms with van der Waals surface area (Å²) in [6.45, 7) is 1.91. The van der Waals surface area contributed by atoms with Gasteiger partial charge in [0, 0.05) is 28.9 Å². The Kier molecular flexibility index (Phi) is 4.00. The summed E-state index contributed by atoms with van der Waals surface area (Å²) in [6.07, 6.45) is 0. The number of anilines is 1. The Morgan fingerprint density at radius 2 is 1.68 bits per heavy atom. The van der Waals surface area contributed by atoms with Crippen LogP contribution in [0.4, 0.5) is 18.9 Å². The van der Waals surface area contributed by atoms with Crippen LogP contribution in [0.25, 0.3) is 0 Å². The highest BCUT2D eigenvalue weighted by Crippen LogP contribution is 2.22. The van der Waals surface area contributed by atoms with E-state index in [0.29, 0.717) is 11.1 Å². The lowest BCUT2D eigenvalue weighted by Crippen LogP contribution is -2.04. The highest BCUT2D eigenvalue weighted by Gasteiger charge is 2.10. The minimum Gasteiger partial charge on any atom is -0.381 e. The van der Waals surface area contributed by atoms with Crippen LogP contribution in [0, 0.1) is 24.4 Å². The first-order valence-electron chi connectivity index (χ1n) is 5.61.